The maximum atomic E-state index is 4.41. The molecule has 0 aliphatic heterocycles. The lowest BCUT2D eigenvalue weighted by molar-refractivity contribution is 0.259. The Hall–Kier alpha value is -1.24. The van der Waals surface area contributed by atoms with Crippen molar-refractivity contribution in [3.05, 3.63) is 48.2 Å². The molecule has 0 saturated heterocycles. The highest BCUT2D eigenvalue weighted by molar-refractivity contribution is 5.32. The van der Waals surface area contributed by atoms with Gasteiger partial charge in [0.25, 0.3) is 0 Å². The van der Waals surface area contributed by atoms with E-state index in [0.717, 1.165) is 19.0 Å². The Kier molecular flexibility index (Phi) is 5.36. The molecule has 0 aromatic heterocycles. The molecule has 3 unspecified atom stereocenters. The minimum atomic E-state index is 0.367. The van der Waals surface area contributed by atoms with Crippen molar-refractivity contribution in [2.24, 2.45) is 17.8 Å². The third-order valence-corrected chi connectivity index (χ3v) is 5.46. The minimum Gasteiger partial charge on any atom is -0.375 e. The number of allylic oxidation sites excluding steroid dienone is 1. The molecule has 122 valence electrons. The average molecular weight is 300 g/mol. The van der Waals surface area contributed by atoms with E-state index in [0.29, 0.717) is 17.3 Å². The van der Waals surface area contributed by atoms with Gasteiger partial charge in [0.15, 0.2) is 0 Å². The van der Waals surface area contributed by atoms with Crippen molar-refractivity contribution >= 4 is 0 Å². The number of rotatable bonds is 8. The van der Waals surface area contributed by atoms with Crippen LogP contribution in [0.25, 0.3) is 0 Å². The van der Waals surface area contributed by atoms with E-state index >= 15 is 0 Å². The molecule has 0 heterocycles. The van der Waals surface area contributed by atoms with Crippen LogP contribution in [-0.2, 0) is 5.41 Å². The zero-order chi connectivity index (χ0) is 16.3. The Bertz CT molecular complexity index is 490. The highest BCUT2D eigenvalue weighted by Crippen LogP contribution is 2.54. The van der Waals surface area contributed by atoms with Crippen LogP contribution in [0.1, 0.15) is 53.0 Å². The van der Waals surface area contributed by atoms with E-state index in [1.807, 2.05) is 0 Å². The van der Waals surface area contributed by atoms with Gasteiger partial charge in [-0.1, -0.05) is 71.5 Å². The molecule has 0 radical (unpaired) electrons. The molecule has 0 N–H and O–H groups in total. The molecule has 0 bridgehead atoms. The molecule has 1 fully saturated rings. The molecule has 22 heavy (non-hydrogen) atoms. The quantitative estimate of drug-likeness (QED) is 0.614. The van der Waals surface area contributed by atoms with Crippen molar-refractivity contribution in [1.82, 2.24) is 4.90 Å². The SMILES string of the molecule is C=C(C(C)CC)N(CC(C)C)CC1CC1(C)c1ccccc1. The Morgan fingerprint density at radius 1 is 1.27 bits per heavy atom. The third-order valence-electron chi connectivity index (χ3n) is 5.46. The molecule has 1 nitrogen and oxygen atoms in total. The van der Waals surface area contributed by atoms with Gasteiger partial charge in [0, 0.05) is 18.8 Å². The summed E-state index contributed by atoms with van der Waals surface area (Å²) in [5.41, 5.74) is 3.20. The first-order valence-corrected chi connectivity index (χ1v) is 8.87. The van der Waals surface area contributed by atoms with Crippen molar-refractivity contribution in [1.29, 1.82) is 0 Å². The molecule has 2 rings (SSSR count). The molecule has 3 atom stereocenters. The third kappa shape index (κ3) is 3.74. The number of hydrogen-bond donors (Lipinski definition) is 0. The van der Waals surface area contributed by atoms with E-state index in [-0.39, 0.29) is 0 Å². The largest absolute Gasteiger partial charge is 0.375 e. The van der Waals surface area contributed by atoms with Gasteiger partial charge in [0.2, 0.25) is 0 Å². The number of nitrogens with zero attached hydrogens (tertiary/aromatic N) is 1. The fourth-order valence-corrected chi connectivity index (χ4v) is 3.45. The van der Waals surface area contributed by atoms with Crippen molar-refractivity contribution in [2.45, 2.75) is 52.9 Å². The van der Waals surface area contributed by atoms with E-state index in [1.165, 1.54) is 24.1 Å². The highest BCUT2D eigenvalue weighted by atomic mass is 15.1. The van der Waals surface area contributed by atoms with Crippen LogP contribution in [0.3, 0.4) is 0 Å². The number of hydrogen-bond acceptors (Lipinski definition) is 1. The van der Waals surface area contributed by atoms with Crippen molar-refractivity contribution in [3.63, 3.8) is 0 Å². The Balaban J connectivity index is 2.05. The maximum Gasteiger partial charge on any atom is 0.0212 e. The fraction of sp³-hybridized carbons (Fsp3) is 0.619. The van der Waals surface area contributed by atoms with Crippen LogP contribution in [0.4, 0.5) is 0 Å². The Morgan fingerprint density at radius 2 is 1.91 bits per heavy atom. The van der Waals surface area contributed by atoms with Gasteiger partial charge >= 0.3 is 0 Å². The molecular weight excluding hydrogens is 266 g/mol. The molecule has 1 aromatic carbocycles. The zero-order valence-electron chi connectivity index (χ0n) is 15.1. The summed E-state index contributed by atoms with van der Waals surface area (Å²) in [6.45, 7) is 18.3. The molecule has 1 aromatic rings. The summed E-state index contributed by atoms with van der Waals surface area (Å²) in [6.07, 6.45) is 2.48. The van der Waals surface area contributed by atoms with Crippen LogP contribution in [0.15, 0.2) is 42.6 Å². The highest BCUT2D eigenvalue weighted by Gasteiger charge is 2.51. The fourth-order valence-electron chi connectivity index (χ4n) is 3.45. The second kappa shape index (κ2) is 6.89. The molecule has 1 aliphatic carbocycles. The van der Waals surface area contributed by atoms with E-state index in [9.17, 15) is 0 Å². The van der Waals surface area contributed by atoms with Gasteiger partial charge in [-0.25, -0.2) is 0 Å². The first kappa shape index (κ1) is 17.1. The van der Waals surface area contributed by atoms with Crippen LogP contribution in [-0.4, -0.2) is 18.0 Å². The topological polar surface area (TPSA) is 3.24 Å². The summed E-state index contributed by atoms with van der Waals surface area (Å²) < 4.78 is 0. The second-order valence-corrected chi connectivity index (χ2v) is 7.78. The maximum absolute atomic E-state index is 4.41. The molecule has 1 saturated carbocycles. The van der Waals surface area contributed by atoms with Crippen LogP contribution in [0.2, 0.25) is 0 Å². The molecule has 0 spiro atoms. The van der Waals surface area contributed by atoms with Gasteiger partial charge in [-0.2, -0.15) is 0 Å². The lowest BCUT2D eigenvalue weighted by Crippen LogP contribution is -2.32. The second-order valence-electron chi connectivity index (χ2n) is 7.78. The molecule has 0 amide bonds. The minimum absolute atomic E-state index is 0.367. The van der Waals surface area contributed by atoms with Gasteiger partial charge in [0.05, 0.1) is 0 Å². The van der Waals surface area contributed by atoms with Gasteiger partial charge < -0.3 is 4.90 Å². The van der Waals surface area contributed by atoms with E-state index in [2.05, 4.69) is 76.4 Å². The predicted molar refractivity (Wildman–Crippen MR) is 96.9 cm³/mol. The first-order chi connectivity index (χ1) is 10.4. The summed E-state index contributed by atoms with van der Waals surface area (Å²) >= 11 is 0. The smallest absolute Gasteiger partial charge is 0.0212 e. The zero-order valence-corrected chi connectivity index (χ0v) is 15.1. The average Bonchev–Trinajstić information content (AvgIpc) is 3.17. The monoisotopic (exact) mass is 299 g/mol. The van der Waals surface area contributed by atoms with Crippen LogP contribution in [0.5, 0.6) is 0 Å². The van der Waals surface area contributed by atoms with E-state index in [1.54, 1.807) is 0 Å². The summed E-state index contributed by atoms with van der Waals surface area (Å²) in [5.74, 6) is 2.03. The lowest BCUT2D eigenvalue weighted by atomic mass is 9.95. The predicted octanol–water partition coefficient (Wildman–Crippen LogP) is 5.48. The lowest BCUT2D eigenvalue weighted by Gasteiger charge is -2.32. The molecular formula is C21H33N. The summed E-state index contributed by atoms with van der Waals surface area (Å²) in [6, 6.07) is 11.0. The Morgan fingerprint density at radius 3 is 2.45 bits per heavy atom. The van der Waals surface area contributed by atoms with Crippen molar-refractivity contribution < 1.29 is 0 Å². The van der Waals surface area contributed by atoms with E-state index in [4.69, 9.17) is 0 Å². The normalized spacial score (nSPS) is 25.1. The summed E-state index contributed by atoms with van der Waals surface area (Å²) in [5, 5.41) is 0. The van der Waals surface area contributed by atoms with Crippen LogP contribution < -0.4 is 0 Å². The van der Waals surface area contributed by atoms with Gasteiger partial charge in [-0.05, 0) is 41.6 Å². The summed E-state index contributed by atoms with van der Waals surface area (Å²) in [4.78, 5) is 2.57. The van der Waals surface area contributed by atoms with Gasteiger partial charge in [-0.15, -0.1) is 0 Å². The first-order valence-electron chi connectivity index (χ1n) is 8.87. The van der Waals surface area contributed by atoms with Gasteiger partial charge in [0.1, 0.15) is 0 Å². The Labute approximate surface area is 137 Å². The molecule has 1 heteroatoms. The molecule has 1 aliphatic rings. The standard InChI is InChI=1S/C21H33N/c1-7-17(4)18(5)22(14-16(2)3)15-20-13-21(20,6)19-11-9-8-10-12-19/h8-12,16-17,20H,5,7,13-15H2,1-4,6H3. The van der Waals surface area contributed by atoms with Gasteiger partial charge in [-0.3, -0.25) is 0 Å². The number of benzene rings is 1. The van der Waals surface area contributed by atoms with Crippen molar-refractivity contribution in [3.8, 4) is 0 Å². The van der Waals surface area contributed by atoms with Crippen LogP contribution >= 0.6 is 0 Å². The van der Waals surface area contributed by atoms with E-state index < -0.39 is 0 Å². The van der Waals surface area contributed by atoms with Crippen molar-refractivity contribution in [2.75, 3.05) is 13.1 Å². The summed E-state index contributed by atoms with van der Waals surface area (Å²) in [7, 11) is 0. The van der Waals surface area contributed by atoms with Crippen LogP contribution in [0, 0.1) is 17.8 Å².